The molecule has 24 heavy (non-hydrogen) atoms. The van der Waals surface area contributed by atoms with E-state index in [2.05, 4.69) is 10.6 Å². The summed E-state index contributed by atoms with van der Waals surface area (Å²) in [6, 6.07) is 13.5. The van der Waals surface area contributed by atoms with Crippen LogP contribution >= 0.6 is 12.2 Å². The molecule has 0 spiro atoms. The van der Waals surface area contributed by atoms with Crippen LogP contribution in [0, 0.1) is 5.21 Å². The van der Waals surface area contributed by atoms with E-state index in [1.54, 1.807) is 18.2 Å². The number of quaternary nitrogens is 1. The lowest BCUT2D eigenvalue weighted by Gasteiger charge is -2.28. The Morgan fingerprint density at radius 2 is 1.75 bits per heavy atom. The number of fused-ring (bicyclic) bond motifs is 2. The smallest absolute Gasteiger partial charge is 0.194 e. The van der Waals surface area contributed by atoms with E-state index in [9.17, 15) is 10.0 Å². The molecule has 4 rings (SSSR count). The van der Waals surface area contributed by atoms with Crippen LogP contribution in [-0.2, 0) is 0 Å². The van der Waals surface area contributed by atoms with Crippen molar-refractivity contribution in [1.29, 1.82) is 0 Å². The third kappa shape index (κ3) is 2.22. The van der Waals surface area contributed by atoms with Crippen LogP contribution in [0.1, 0.15) is 27.5 Å². The molecule has 0 fully saturated rings. The summed E-state index contributed by atoms with van der Waals surface area (Å²) < 4.78 is 0. The zero-order valence-electron chi connectivity index (χ0n) is 12.4. The normalized spacial score (nSPS) is 20.2. The summed E-state index contributed by atoms with van der Waals surface area (Å²) in [5, 5.41) is 25.7. The lowest BCUT2D eigenvalue weighted by atomic mass is 9.94. The molecule has 1 aliphatic heterocycles. The summed E-state index contributed by atoms with van der Waals surface area (Å²) in [6.45, 7) is 0. The van der Waals surface area contributed by atoms with Crippen LogP contribution in [0.25, 0.3) is 5.70 Å². The van der Waals surface area contributed by atoms with E-state index in [-0.39, 0.29) is 11.5 Å². The zero-order chi connectivity index (χ0) is 16.8. The van der Waals surface area contributed by atoms with E-state index in [1.807, 2.05) is 18.2 Å². The van der Waals surface area contributed by atoms with Gasteiger partial charge < -0.3 is 15.8 Å². The standard InChI is InChI=1S/C17H13N3O3S/c21-16-12-4-2-1-3-11(12)15-13(16)14(18-17(24)19-15)9-5-7-10(8-6-9)20(22)23/h1-8,14,20,22H,(H2,18,19,24). The van der Waals surface area contributed by atoms with Gasteiger partial charge in [0.1, 0.15) is 0 Å². The summed E-state index contributed by atoms with van der Waals surface area (Å²) in [5.41, 5.74) is 3.81. The maximum atomic E-state index is 12.8. The fraction of sp³-hybridized carbons (Fsp3) is 0.0588. The van der Waals surface area contributed by atoms with Crippen molar-refractivity contribution in [3.05, 3.63) is 76.0 Å². The van der Waals surface area contributed by atoms with Gasteiger partial charge in [-0.3, -0.25) is 4.79 Å². The number of benzene rings is 2. The van der Waals surface area contributed by atoms with E-state index in [1.165, 1.54) is 12.1 Å². The summed E-state index contributed by atoms with van der Waals surface area (Å²) >= 11 is 5.28. The van der Waals surface area contributed by atoms with Crippen molar-refractivity contribution in [1.82, 2.24) is 10.6 Å². The monoisotopic (exact) mass is 339 g/mol. The molecule has 0 amide bonds. The number of carbonyl (C=O) groups is 1. The molecule has 0 saturated carbocycles. The minimum atomic E-state index is -0.986. The quantitative estimate of drug-likeness (QED) is 0.486. The van der Waals surface area contributed by atoms with Gasteiger partial charge in [-0.05, 0) is 17.8 Å². The number of nitrogens with one attached hydrogen (secondary N) is 3. The number of hydrogen-bond acceptors (Lipinski definition) is 4. The Balaban J connectivity index is 1.81. The Morgan fingerprint density at radius 3 is 2.42 bits per heavy atom. The average Bonchev–Trinajstić information content (AvgIpc) is 2.87. The Kier molecular flexibility index (Phi) is 3.43. The second-order valence-corrected chi connectivity index (χ2v) is 6.03. The molecule has 2 aromatic rings. The van der Waals surface area contributed by atoms with Crippen molar-refractivity contribution in [2.24, 2.45) is 0 Å². The molecular formula is C17H13N3O3S. The van der Waals surface area contributed by atoms with Gasteiger partial charge in [0, 0.05) is 23.3 Å². The molecular weight excluding hydrogens is 326 g/mol. The van der Waals surface area contributed by atoms with Crippen LogP contribution in [0.5, 0.6) is 0 Å². The predicted octanol–water partition coefficient (Wildman–Crippen LogP) is 1.22. The fourth-order valence-electron chi connectivity index (χ4n) is 3.13. The highest BCUT2D eigenvalue weighted by molar-refractivity contribution is 7.80. The molecule has 2 aliphatic rings. The highest BCUT2D eigenvalue weighted by atomic mass is 32.1. The molecule has 2 unspecified atom stereocenters. The molecule has 120 valence electrons. The van der Waals surface area contributed by atoms with E-state index in [4.69, 9.17) is 17.4 Å². The van der Waals surface area contributed by atoms with E-state index < -0.39 is 11.3 Å². The summed E-state index contributed by atoms with van der Waals surface area (Å²) in [4.78, 5) is 12.8. The van der Waals surface area contributed by atoms with Crippen LogP contribution in [0.3, 0.4) is 0 Å². The lowest BCUT2D eigenvalue weighted by molar-refractivity contribution is -0.991. The first-order valence-corrected chi connectivity index (χ1v) is 7.76. The number of Topliss-reactive ketones (excluding diaryl/α,β-unsaturated/α-hetero) is 1. The van der Waals surface area contributed by atoms with Gasteiger partial charge in [-0.1, -0.05) is 36.4 Å². The van der Waals surface area contributed by atoms with Gasteiger partial charge in [-0.15, -0.1) is 0 Å². The van der Waals surface area contributed by atoms with Crippen molar-refractivity contribution >= 4 is 34.5 Å². The van der Waals surface area contributed by atoms with E-state index in [0.29, 0.717) is 16.2 Å². The van der Waals surface area contributed by atoms with Crippen molar-refractivity contribution in [3.63, 3.8) is 0 Å². The van der Waals surface area contributed by atoms with Crippen LogP contribution in [0.15, 0.2) is 54.1 Å². The topological polar surface area (TPSA) is 88.9 Å². The molecule has 7 heteroatoms. The first-order valence-electron chi connectivity index (χ1n) is 7.35. The van der Waals surface area contributed by atoms with Gasteiger partial charge in [0.05, 0.1) is 17.3 Å². The van der Waals surface area contributed by atoms with Crippen LogP contribution < -0.4 is 15.9 Å². The molecule has 0 aromatic heterocycles. The Hall–Kier alpha value is -2.58. The summed E-state index contributed by atoms with van der Waals surface area (Å²) in [7, 11) is 0. The Labute approximate surface area is 142 Å². The highest BCUT2D eigenvalue weighted by Gasteiger charge is 2.38. The largest absolute Gasteiger partial charge is 0.595 e. The minimum Gasteiger partial charge on any atom is -0.595 e. The summed E-state index contributed by atoms with van der Waals surface area (Å²) in [5.74, 6) is -0.0459. The van der Waals surface area contributed by atoms with Gasteiger partial charge in [0.25, 0.3) is 0 Å². The lowest BCUT2D eigenvalue weighted by Crippen LogP contribution is -2.99. The number of carbonyl (C=O) groups excluding carboxylic acids is 1. The first kappa shape index (κ1) is 15.0. The van der Waals surface area contributed by atoms with Gasteiger partial charge in [0.15, 0.2) is 16.6 Å². The van der Waals surface area contributed by atoms with Crippen LogP contribution in [-0.4, -0.2) is 16.1 Å². The maximum Gasteiger partial charge on any atom is 0.194 e. The SMILES string of the molecule is O=C1C2=C(NC(=S)NC2c2ccc([NH+]([O-])O)cc2)c2ccccc21. The Bertz CT molecular complexity index is 890. The number of ketones is 1. The fourth-order valence-corrected chi connectivity index (χ4v) is 3.35. The highest BCUT2D eigenvalue weighted by Crippen LogP contribution is 2.39. The molecule has 1 aliphatic carbocycles. The number of rotatable bonds is 2. The second kappa shape index (κ2) is 5.50. The Morgan fingerprint density at radius 1 is 1.08 bits per heavy atom. The van der Waals surface area contributed by atoms with E-state index >= 15 is 0 Å². The van der Waals surface area contributed by atoms with Gasteiger partial charge in [-0.25, -0.2) is 5.21 Å². The molecule has 4 N–H and O–H groups in total. The maximum absolute atomic E-state index is 12.8. The predicted molar refractivity (Wildman–Crippen MR) is 91.5 cm³/mol. The van der Waals surface area contributed by atoms with Crippen molar-refractivity contribution < 1.29 is 15.2 Å². The van der Waals surface area contributed by atoms with Gasteiger partial charge in [0.2, 0.25) is 0 Å². The number of thiocarbonyl (C=S) groups is 1. The number of hydrogen-bond donors (Lipinski definition) is 4. The van der Waals surface area contributed by atoms with E-state index in [0.717, 1.165) is 16.8 Å². The third-order valence-electron chi connectivity index (χ3n) is 4.25. The molecule has 0 saturated heterocycles. The van der Waals surface area contributed by atoms with Gasteiger partial charge >= 0.3 is 0 Å². The van der Waals surface area contributed by atoms with Crippen LogP contribution in [0.2, 0.25) is 0 Å². The molecule has 0 radical (unpaired) electrons. The summed E-state index contributed by atoms with van der Waals surface area (Å²) in [6.07, 6.45) is 0. The molecule has 1 heterocycles. The molecule has 2 aromatic carbocycles. The zero-order valence-corrected chi connectivity index (χ0v) is 13.2. The minimum absolute atomic E-state index is 0.0459. The third-order valence-corrected chi connectivity index (χ3v) is 4.47. The average molecular weight is 339 g/mol. The first-order chi connectivity index (χ1) is 11.6. The van der Waals surface area contributed by atoms with Crippen molar-refractivity contribution in [2.75, 3.05) is 0 Å². The van der Waals surface area contributed by atoms with Crippen molar-refractivity contribution in [3.8, 4) is 0 Å². The van der Waals surface area contributed by atoms with Crippen molar-refractivity contribution in [2.45, 2.75) is 6.04 Å². The molecule has 2 atom stereocenters. The second-order valence-electron chi connectivity index (χ2n) is 5.62. The van der Waals surface area contributed by atoms with Crippen LogP contribution in [0.4, 0.5) is 5.69 Å². The molecule has 0 bridgehead atoms. The van der Waals surface area contributed by atoms with Gasteiger partial charge in [-0.2, -0.15) is 5.23 Å². The molecule has 6 nitrogen and oxygen atoms in total.